The number of nitrogens with zero attached hydrogens (tertiary/aromatic N) is 4. The molecular weight excluding hydrogens is 403 g/mol. The van der Waals surface area contributed by atoms with E-state index in [0.29, 0.717) is 17.2 Å². The first-order valence-electron chi connectivity index (χ1n) is 7.96. The van der Waals surface area contributed by atoms with E-state index in [1.807, 2.05) is 6.92 Å². The number of thioether (sulfide) groups is 1. The molecule has 10 heteroatoms. The van der Waals surface area contributed by atoms with E-state index < -0.39 is 23.0 Å². The minimum atomic E-state index is -0.899. The summed E-state index contributed by atoms with van der Waals surface area (Å²) in [5, 5.41) is 11.9. The number of carbonyl (C=O) groups excluding carboxylic acids is 1. The number of amides is 1. The monoisotopic (exact) mass is 416 g/mol. The molecule has 2 aromatic rings. The number of amidine groups is 1. The average molecular weight is 417 g/mol. The summed E-state index contributed by atoms with van der Waals surface area (Å²) < 4.78 is 14.0. The Kier molecular flexibility index (Phi) is 5.36. The second-order valence-electron chi connectivity index (χ2n) is 6.22. The molecule has 0 radical (unpaired) electrons. The molecule has 0 bridgehead atoms. The van der Waals surface area contributed by atoms with Crippen LogP contribution < -0.4 is 11.1 Å². The highest BCUT2D eigenvalue weighted by Gasteiger charge is 2.34. The van der Waals surface area contributed by atoms with Gasteiger partial charge in [-0.25, -0.2) is 14.4 Å². The second kappa shape index (κ2) is 7.58. The maximum atomic E-state index is 14.0. The normalized spacial score (nSPS) is 18.9. The van der Waals surface area contributed by atoms with Gasteiger partial charge in [-0.05, 0) is 24.0 Å². The molecule has 0 saturated heterocycles. The van der Waals surface area contributed by atoms with Gasteiger partial charge >= 0.3 is 0 Å². The molecule has 7 nitrogen and oxygen atoms in total. The molecule has 3 N–H and O–H groups in total. The summed E-state index contributed by atoms with van der Waals surface area (Å²) >= 11 is 7.54. The van der Waals surface area contributed by atoms with Crippen molar-refractivity contribution in [1.29, 1.82) is 5.26 Å². The Morgan fingerprint density at radius 3 is 2.86 bits per heavy atom. The standard InChI is InChI=1S/C18H14ClFN6OS/c1-9-5-18(2,26-17(22)28-9)12-4-11(8-24-15(12)19)25-16(27)14-13(20)3-10(6-21)7-23-14/h3-4,7-8H,1,5H2,2H3,(H2,22,26)(H,25,27)/t18-/m0/s1. The highest BCUT2D eigenvalue weighted by Crippen LogP contribution is 2.42. The molecule has 0 aliphatic carbocycles. The molecule has 3 heterocycles. The maximum absolute atomic E-state index is 14.0. The first-order chi connectivity index (χ1) is 13.2. The molecule has 28 heavy (non-hydrogen) atoms. The van der Waals surface area contributed by atoms with E-state index >= 15 is 0 Å². The van der Waals surface area contributed by atoms with Crippen LogP contribution in [0.3, 0.4) is 0 Å². The van der Waals surface area contributed by atoms with Crippen LogP contribution in [0.4, 0.5) is 10.1 Å². The van der Waals surface area contributed by atoms with Gasteiger partial charge in [-0.2, -0.15) is 5.26 Å². The molecule has 0 spiro atoms. The number of hydrogen-bond donors (Lipinski definition) is 2. The van der Waals surface area contributed by atoms with E-state index in [4.69, 9.17) is 22.6 Å². The molecule has 0 unspecified atom stereocenters. The van der Waals surface area contributed by atoms with E-state index in [1.165, 1.54) is 18.0 Å². The molecule has 3 rings (SSSR count). The average Bonchev–Trinajstić information content (AvgIpc) is 2.61. The van der Waals surface area contributed by atoms with E-state index in [0.717, 1.165) is 17.2 Å². The van der Waals surface area contributed by atoms with Crippen LogP contribution in [0.1, 0.15) is 35.0 Å². The summed E-state index contributed by atoms with van der Waals surface area (Å²) in [6.07, 6.45) is 2.95. The molecule has 0 saturated carbocycles. The van der Waals surface area contributed by atoms with Gasteiger partial charge in [-0.15, -0.1) is 0 Å². The third-order valence-corrected chi connectivity index (χ3v) is 5.04. The van der Waals surface area contributed by atoms with Crippen LogP contribution in [-0.4, -0.2) is 21.0 Å². The van der Waals surface area contributed by atoms with Crippen molar-refractivity contribution in [2.45, 2.75) is 18.9 Å². The van der Waals surface area contributed by atoms with Gasteiger partial charge in [0.25, 0.3) is 5.91 Å². The van der Waals surface area contributed by atoms with Crippen LogP contribution in [0, 0.1) is 17.1 Å². The SMILES string of the molecule is C=C1C[C@@](C)(c2cc(NC(=O)c3ncc(C#N)cc3F)cnc2Cl)N=C(N)S1. The minimum Gasteiger partial charge on any atom is -0.378 e. The van der Waals surface area contributed by atoms with Crippen molar-refractivity contribution in [3.8, 4) is 6.07 Å². The van der Waals surface area contributed by atoms with Gasteiger partial charge in [0.15, 0.2) is 16.7 Å². The lowest BCUT2D eigenvalue weighted by molar-refractivity contribution is 0.101. The molecule has 1 atom stereocenters. The number of hydrogen-bond acceptors (Lipinski definition) is 7. The second-order valence-corrected chi connectivity index (χ2v) is 7.78. The molecular formula is C18H14ClFN6OS. The Bertz CT molecular complexity index is 1070. The lowest BCUT2D eigenvalue weighted by atomic mass is 9.90. The van der Waals surface area contributed by atoms with Gasteiger partial charge in [0.2, 0.25) is 0 Å². The van der Waals surface area contributed by atoms with Crippen LogP contribution in [0.2, 0.25) is 5.15 Å². The largest absolute Gasteiger partial charge is 0.378 e. The van der Waals surface area contributed by atoms with Gasteiger partial charge in [0.1, 0.15) is 11.2 Å². The van der Waals surface area contributed by atoms with Crippen molar-refractivity contribution >= 4 is 40.1 Å². The van der Waals surface area contributed by atoms with E-state index in [9.17, 15) is 9.18 Å². The van der Waals surface area contributed by atoms with Gasteiger partial charge in [-0.3, -0.25) is 9.79 Å². The summed E-state index contributed by atoms with van der Waals surface area (Å²) in [5.41, 5.74) is 5.48. The van der Waals surface area contributed by atoms with Gasteiger partial charge in [0, 0.05) is 18.2 Å². The molecule has 0 aromatic carbocycles. The Morgan fingerprint density at radius 2 is 2.21 bits per heavy atom. The Hall–Kier alpha value is -2.96. The van der Waals surface area contributed by atoms with Crippen LogP contribution in [0.5, 0.6) is 0 Å². The molecule has 1 amide bonds. The Labute approximate surface area is 169 Å². The first kappa shape index (κ1) is 19.8. The lowest BCUT2D eigenvalue weighted by Crippen LogP contribution is -2.28. The number of halogens is 2. The third-order valence-electron chi connectivity index (χ3n) is 4.01. The number of aliphatic imine (C=N–C) groups is 1. The van der Waals surface area contributed by atoms with Crippen molar-refractivity contribution in [3.63, 3.8) is 0 Å². The fourth-order valence-corrected chi connectivity index (χ4v) is 3.98. The molecule has 1 aliphatic heterocycles. The number of nitrogens with two attached hydrogens (primary N) is 1. The van der Waals surface area contributed by atoms with Crippen LogP contribution >= 0.6 is 23.4 Å². The van der Waals surface area contributed by atoms with E-state index in [-0.39, 0.29) is 16.4 Å². The highest BCUT2D eigenvalue weighted by molar-refractivity contribution is 8.17. The van der Waals surface area contributed by atoms with Gasteiger partial charge in [0.05, 0.1) is 23.0 Å². The van der Waals surface area contributed by atoms with E-state index in [1.54, 1.807) is 12.1 Å². The number of aromatic nitrogens is 2. The molecule has 0 fully saturated rings. The van der Waals surface area contributed by atoms with Crippen LogP contribution in [0.25, 0.3) is 0 Å². The zero-order chi connectivity index (χ0) is 20.5. The topological polar surface area (TPSA) is 117 Å². The number of anilines is 1. The summed E-state index contributed by atoms with van der Waals surface area (Å²) in [7, 11) is 0. The fourth-order valence-electron chi connectivity index (χ4n) is 2.78. The quantitative estimate of drug-likeness (QED) is 0.738. The Morgan fingerprint density at radius 1 is 1.46 bits per heavy atom. The smallest absolute Gasteiger partial charge is 0.277 e. The fraction of sp³-hybridized carbons (Fsp3) is 0.167. The zero-order valence-corrected chi connectivity index (χ0v) is 16.2. The number of nitriles is 1. The van der Waals surface area contributed by atoms with E-state index in [2.05, 4.69) is 26.9 Å². The first-order valence-corrected chi connectivity index (χ1v) is 9.15. The number of carbonyl (C=O) groups is 1. The van der Waals surface area contributed by atoms with Crippen molar-refractivity contribution in [1.82, 2.24) is 9.97 Å². The molecule has 142 valence electrons. The van der Waals surface area contributed by atoms with Crippen molar-refractivity contribution < 1.29 is 9.18 Å². The zero-order valence-electron chi connectivity index (χ0n) is 14.7. The number of rotatable bonds is 3. The van der Waals surface area contributed by atoms with Crippen molar-refractivity contribution in [2.75, 3.05) is 5.32 Å². The molecule has 1 aliphatic rings. The third kappa shape index (κ3) is 3.98. The summed E-state index contributed by atoms with van der Waals surface area (Å²) in [6.45, 7) is 5.78. The predicted octanol–water partition coefficient (Wildman–Crippen LogP) is 3.57. The molecule has 2 aromatic heterocycles. The number of pyridine rings is 2. The Balaban J connectivity index is 1.92. The summed E-state index contributed by atoms with van der Waals surface area (Å²) in [4.78, 5) is 25.4. The van der Waals surface area contributed by atoms with Gasteiger partial charge < -0.3 is 11.1 Å². The van der Waals surface area contributed by atoms with Crippen LogP contribution in [0.15, 0.2) is 41.0 Å². The number of nitrogens with one attached hydrogen (secondary N) is 1. The van der Waals surface area contributed by atoms with Gasteiger partial charge in [-0.1, -0.05) is 29.9 Å². The predicted molar refractivity (Wildman–Crippen MR) is 106 cm³/mol. The summed E-state index contributed by atoms with van der Waals surface area (Å²) in [5.74, 6) is -1.68. The van der Waals surface area contributed by atoms with Crippen molar-refractivity contribution in [3.05, 3.63) is 63.8 Å². The minimum absolute atomic E-state index is 0.0169. The highest BCUT2D eigenvalue weighted by atomic mass is 35.5. The summed E-state index contributed by atoms with van der Waals surface area (Å²) in [6, 6.07) is 4.30. The van der Waals surface area contributed by atoms with Crippen molar-refractivity contribution in [2.24, 2.45) is 10.7 Å². The van der Waals surface area contributed by atoms with Crippen LogP contribution in [-0.2, 0) is 5.54 Å². The maximum Gasteiger partial charge on any atom is 0.277 e. The lowest BCUT2D eigenvalue weighted by Gasteiger charge is -2.31.